The quantitative estimate of drug-likeness (QED) is 0.787. The van der Waals surface area contributed by atoms with Crippen molar-refractivity contribution in [3.05, 3.63) is 71.8 Å². The van der Waals surface area contributed by atoms with Crippen LogP contribution in [0.5, 0.6) is 0 Å². The van der Waals surface area contributed by atoms with Crippen LogP contribution < -0.4 is 0 Å². The first-order valence-corrected chi connectivity index (χ1v) is 8.25. The highest BCUT2D eigenvalue weighted by molar-refractivity contribution is 6.08. The monoisotopic (exact) mass is 337 g/mol. The standard InChI is InChI=1S/C20H19NO4/c1-2-24-20(23)16-13-17(18(21-16)14-9-5-3-6-10-14)25-19(22)15-11-7-4-8-12-15/h3-12,16-17H,2,13H2,1H3/t16-,17-/m1/s1. The van der Waals surface area contributed by atoms with Crippen LogP contribution >= 0.6 is 0 Å². The van der Waals surface area contributed by atoms with Crippen molar-refractivity contribution in [2.24, 2.45) is 4.99 Å². The van der Waals surface area contributed by atoms with E-state index in [4.69, 9.17) is 9.47 Å². The summed E-state index contributed by atoms with van der Waals surface area (Å²) in [4.78, 5) is 28.9. The van der Waals surface area contributed by atoms with Crippen molar-refractivity contribution in [1.29, 1.82) is 0 Å². The number of carbonyl (C=O) groups is 2. The molecular weight excluding hydrogens is 318 g/mol. The lowest BCUT2D eigenvalue weighted by atomic mass is 10.0. The number of aliphatic imine (C=N–C) groups is 1. The minimum atomic E-state index is -0.649. The summed E-state index contributed by atoms with van der Waals surface area (Å²) in [5.41, 5.74) is 1.90. The van der Waals surface area contributed by atoms with Gasteiger partial charge in [-0.05, 0) is 24.6 Å². The van der Waals surface area contributed by atoms with Crippen molar-refractivity contribution < 1.29 is 19.1 Å². The van der Waals surface area contributed by atoms with E-state index in [2.05, 4.69) is 4.99 Å². The van der Waals surface area contributed by atoms with Gasteiger partial charge in [0.15, 0.2) is 6.04 Å². The van der Waals surface area contributed by atoms with E-state index in [1.165, 1.54) is 0 Å². The Hall–Kier alpha value is -2.95. The summed E-state index contributed by atoms with van der Waals surface area (Å²) >= 11 is 0. The smallest absolute Gasteiger partial charge is 0.338 e. The summed E-state index contributed by atoms with van der Waals surface area (Å²) in [6.07, 6.45) is -0.286. The highest BCUT2D eigenvalue weighted by Crippen LogP contribution is 2.24. The van der Waals surface area contributed by atoms with Crippen LogP contribution in [-0.2, 0) is 14.3 Å². The third-order valence-electron chi connectivity index (χ3n) is 3.92. The molecule has 5 heteroatoms. The Kier molecular flexibility index (Phi) is 5.23. The van der Waals surface area contributed by atoms with E-state index in [1.54, 1.807) is 31.2 Å². The van der Waals surface area contributed by atoms with Gasteiger partial charge in [-0.1, -0.05) is 48.5 Å². The fourth-order valence-corrected chi connectivity index (χ4v) is 2.75. The molecule has 0 fully saturated rings. The predicted octanol–water partition coefficient (Wildman–Crippen LogP) is 3.04. The van der Waals surface area contributed by atoms with Crippen LogP contribution in [0.2, 0.25) is 0 Å². The Balaban J connectivity index is 1.83. The van der Waals surface area contributed by atoms with Gasteiger partial charge in [-0.25, -0.2) is 9.59 Å². The molecule has 0 N–H and O–H groups in total. The molecule has 1 aliphatic rings. The molecule has 2 atom stereocenters. The van der Waals surface area contributed by atoms with Crippen LogP contribution in [0.4, 0.5) is 0 Å². The van der Waals surface area contributed by atoms with Crippen molar-refractivity contribution in [3.63, 3.8) is 0 Å². The Morgan fingerprint density at radius 3 is 2.32 bits per heavy atom. The highest BCUT2D eigenvalue weighted by Gasteiger charge is 2.36. The van der Waals surface area contributed by atoms with E-state index in [0.29, 0.717) is 24.3 Å². The molecule has 2 aromatic rings. The van der Waals surface area contributed by atoms with Crippen molar-refractivity contribution >= 4 is 17.7 Å². The topological polar surface area (TPSA) is 65.0 Å². The zero-order chi connectivity index (χ0) is 17.6. The predicted molar refractivity (Wildman–Crippen MR) is 93.7 cm³/mol. The average Bonchev–Trinajstić information content (AvgIpc) is 3.07. The number of ether oxygens (including phenoxy) is 2. The molecule has 0 unspecified atom stereocenters. The molecular formula is C20H19NO4. The van der Waals surface area contributed by atoms with E-state index in [9.17, 15) is 9.59 Å². The Bertz CT molecular complexity index is 771. The first kappa shape index (κ1) is 16.9. The highest BCUT2D eigenvalue weighted by atomic mass is 16.5. The summed E-state index contributed by atoms with van der Waals surface area (Å²) in [6.45, 7) is 2.04. The lowest BCUT2D eigenvalue weighted by Crippen LogP contribution is -2.27. The van der Waals surface area contributed by atoms with Gasteiger partial charge in [0.2, 0.25) is 0 Å². The van der Waals surface area contributed by atoms with Crippen LogP contribution in [-0.4, -0.2) is 36.4 Å². The van der Waals surface area contributed by atoms with Gasteiger partial charge in [0, 0.05) is 6.42 Å². The average molecular weight is 337 g/mol. The maximum Gasteiger partial charge on any atom is 0.338 e. The van der Waals surface area contributed by atoms with Crippen molar-refractivity contribution in [3.8, 4) is 0 Å². The fraction of sp³-hybridized carbons (Fsp3) is 0.250. The second-order valence-electron chi connectivity index (χ2n) is 5.64. The Morgan fingerprint density at radius 1 is 1.04 bits per heavy atom. The van der Waals surface area contributed by atoms with E-state index < -0.39 is 24.1 Å². The number of hydrogen-bond donors (Lipinski definition) is 0. The molecule has 128 valence electrons. The first-order chi connectivity index (χ1) is 12.2. The van der Waals surface area contributed by atoms with E-state index in [1.807, 2.05) is 36.4 Å². The Morgan fingerprint density at radius 2 is 1.68 bits per heavy atom. The van der Waals surface area contributed by atoms with Crippen LogP contribution in [0.25, 0.3) is 0 Å². The minimum absolute atomic E-state index is 0.292. The van der Waals surface area contributed by atoms with Gasteiger partial charge < -0.3 is 9.47 Å². The van der Waals surface area contributed by atoms with E-state index >= 15 is 0 Å². The van der Waals surface area contributed by atoms with Crippen molar-refractivity contribution in [2.75, 3.05) is 6.61 Å². The largest absolute Gasteiger partial charge is 0.464 e. The van der Waals surface area contributed by atoms with Crippen molar-refractivity contribution in [1.82, 2.24) is 0 Å². The molecule has 0 aromatic heterocycles. The number of carbonyl (C=O) groups excluding carboxylic acids is 2. The molecule has 0 bridgehead atoms. The molecule has 0 saturated carbocycles. The van der Waals surface area contributed by atoms with Crippen LogP contribution in [0, 0.1) is 0 Å². The third-order valence-corrected chi connectivity index (χ3v) is 3.92. The number of nitrogens with zero attached hydrogens (tertiary/aromatic N) is 1. The summed E-state index contributed by atoms with van der Waals surface area (Å²) in [5, 5.41) is 0. The van der Waals surface area contributed by atoms with Crippen LogP contribution in [0.1, 0.15) is 29.3 Å². The zero-order valence-corrected chi connectivity index (χ0v) is 13.9. The Labute approximate surface area is 146 Å². The second-order valence-corrected chi connectivity index (χ2v) is 5.64. The second kappa shape index (κ2) is 7.75. The van der Waals surface area contributed by atoms with Gasteiger partial charge in [0.05, 0.1) is 17.9 Å². The van der Waals surface area contributed by atoms with E-state index in [0.717, 1.165) is 5.56 Å². The van der Waals surface area contributed by atoms with Gasteiger partial charge >= 0.3 is 11.9 Å². The lowest BCUT2D eigenvalue weighted by molar-refractivity contribution is -0.144. The molecule has 1 heterocycles. The maximum absolute atomic E-state index is 12.4. The molecule has 0 spiro atoms. The number of hydrogen-bond acceptors (Lipinski definition) is 5. The summed E-state index contributed by atoms with van der Waals surface area (Å²) in [5.74, 6) is -0.826. The van der Waals surface area contributed by atoms with Crippen LogP contribution in [0.3, 0.4) is 0 Å². The number of rotatable bonds is 5. The summed E-state index contributed by atoms with van der Waals surface area (Å²) in [7, 11) is 0. The molecule has 25 heavy (non-hydrogen) atoms. The SMILES string of the molecule is CCOC(=O)[C@H]1C[C@@H](OC(=O)c2ccccc2)C(c2ccccc2)=N1. The molecule has 1 aliphatic heterocycles. The van der Waals surface area contributed by atoms with Crippen molar-refractivity contribution in [2.45, 2.75) is 25.5 Å². The molecule has 0 aliphatic carbocycles. The lowest BCUT2D eigenvalue weighted by Gasteiger charge is -2.15. The molecule has 2 aromatic carbocycles. The fourth-order valence-electron chi connectivity index (χ4n) is 2.75. The zero-order valence-electron chi connectivity index (χ0n) is 13.9. The van der Waals surface area contributed by atoms with Gasteiger partial charge in [-0.15, -0.1) is 0 Å². The normalized spacial score (nSPS) is 19.2. The maximum atomic E-state index is 12.4. The summed E-state index contributed by atoms with van der Waals surface area (Å²) < 4.78 is 10.7. The third kappa shape index (κ3) is 3.94. The van der Waals surface area contributed by atoms with Gasteiger partial charge in [-0.3, -0.25) is 4.99 Å². The van der Waals surface area contributed by atoms with Gasteiger partial charge in [0.25, 0.3) is 0 Å². The molecule has 3 rings (SSSR count). The minimum Gasteiger partial charge on any atom is -0.464 e. The molecule has 5 nitrogen and oxygen atoms in total. The summed E-state index contributed by atoms with van der Waals surface area (Å²) in [6, 6.07) is 17.6. The molecule has 0 amide bonds. The number of benzene rings is 2. The molecule has 0 radical (unpaired) electrons. The number of esters is 2. The first-order valence-electron chi connectivity index (χ1n) is 8.25. The van der Waals surface area contributed by atoms with E-state index in [-0.39, 0.29) is 0 Å². The van der Waals surface area contributed by atoms with Gasteiger partial charge in [-0.2, -0.15) is 0 Å². The molecule has 0 saturated heterocycles. The van der Waals surface area contributed by atoms with Gasteiger partial charge in [0.1, 0.15) is 6.10 Å². The van der Waals surface area contributed by atoms with Crippen LogP contribution in [0.15, 0.2) is 65.7 Å².